The zero-order valence-corrected chi connectivity index (χ0v) is 18.5. The molecule has 0 bridgehead atoms. The van der Waals surface area contributed by atoms with Crippen LogP contribution >= 0.6 is 31.9 Å². The summed E-state index contributed by atoms with van der Waals surface area (Å²) in [6.45, 7) is 3.97. The van der Waals surface area contributed by atoms with Gasteiger partial charge in [0.15, 0.2) is 0 Å². The number of benzene rings is 2. The van der Waals surface area contributed by atoms with Gasteiger partial charge in [-0.3, -0.25) is 4.79 Å². The first kappa shape index (κ1) is 20.1. The van der Waals surface area contributed by atoms with Crippen LogP contribution in [0.5, 0.6) is 0 Å². The number of halogens is 2. The van der Waals surface area contributed by atoms with Crippen molar-refractivity contribution in [1.29, 1.82) is 5.26 Å². The summed E-state index contributed by atoms with van der Waals surface area (Å²) < 4.78 is 3.93. The first-order chi connectivity index (χ1) is 13.4. The third-order valence-electron chi connectivity index (χ3n) is 4.28. The number of nitrogens with zero attached hydrogens (tertiary/aromatic N) is 2. The Morgan fingerprint density at radius 2 is 1.75 bits per heavy atom. The van der Waals surface area contributed by atoms with E-state index in [1.807, 2.05) is 62.4 Å². The zero-order valence-electron chi connectivity index (χ0n) is 15.3. The molecular weight excluding hydrogens is 482 g/mol. The van der Waals surface area contributed by atoms with Gasteiger partial charge in [0.25, 0.3) is 5.91 Å². The smallest absolute Gasteiger partial charge is 0.266 e. The second kappa shape index (κ2) is 8.59. The number of hydrogen-bond donors (Lipinski definition) is 1. The monoisotopic (exact) mass is 497 g/mol. The molecule has 0 saturated carbocycles. The van der Waals surface area contributed by atoms with Crippen LogP contribution in [-0.4, -0.2) is 10.5 Å². The fourth-order valence-corrected chi connectivity index (χ4v) is 3.80. The van der Waals surface area contributed by atoms with E-state index < -0.39 is 5.91 Å². The predicted molar refractivity (Wildman–Crippen MR) is 119 cm³/mol. The number of amides is 1. The average Bonchev–Trinajstić information content (AvgIpc) is 2.92. The van der Waals surface area contributed by atoms with Crippen molar-refractivity contribution in [2.75, 3.05) is 5.32 Å². The van der Waals surface area contributed by atoms with E-state index in [-0.39, 0.29) is 5.57 Å². The lowest BCUT2D eigenvalue weighted by Crippen LogP contribution is -2.13. The molecule has 3 rings (SSSR count). The molecule has 0 radical (unpaired) electrons. The summed E-state index contributed by atoms with van der Waals surface area (Å²) in [5, 5.41) is 12.3. The van der Waals surface area contributed by atoms with Crippen molar-refractivity contribution in [3.05, 3.63) is 86.1 Å². The van der Waals surface area contributed by atoms with Gasteiger partial charge in [-0.15, -0.1) is 0 Å². The summed E-state index contributed by atoms with van der Waals surface area (Å²) in [6, 6.07) is 19.2. The number of nitrogens with one attached hydrogen (secondary N) is 1. The van der Waals surface area contributed by atoms with Crippen LogP contribution in [0.4, 0.5) is 5.69 Å². The highest BCUT2D eigenvalue weighted by Crippen LogP contribution is 2.25. The van der Waals surface area contributed by atoms with Crippen LogP contribution in [0.3, 0.4) is 0 Å². The lowest BCUT2D eigenvalue weighted by Gasteiger charge is -2.10. The summed E-state index contributed by atoms with van der Waals surface area (Å²) in [6.07, 6.45) is 1.63. The van der Waals surface area contributed by atoms with Crippen LogP contribution in [0.1, 0.15) is 17.0 Å². The van der Waals surface area contributed by atoms with Crippen molar-refractivity contribution >= 4 is 49.5 Å². The van der Waals surface area contributed by atoms with Crippen molar-refractivity contribution in [3.8, 4) is 11.8 Å². The summed E-state index contributed by atoms with van der Waals surface area (Å²) in [5.41, 5.74) is 4.50. The SMILES string of the molecule is Cc1cc(/C=C(/C#N)C(=O)Nc2cccc(Br)c2)c(C)n1-c1cccc(Br)c1. The number of aryl methyl sites for hydroxylation is 1. The van der Waals surface area contributed by atoms with E-state index in [1.165, 1.54) is 0 Å². The molecule has 0 saturated heterocycles. The number of rotatable bonds is 4. The lowest BCUT2D eigenvalue weighted by atomic mass is 10.1. The van der Waals surface area contributed by atoms with Crippen LogP contribution in [0.25, 0.3) is 11.8 Å². The molecule has 3 aromatic rings. The Hall–Kier alpha value is -2.62. The molecule has 140 valence electrons. The summed E-state index contributed by atoms with van der Waals surface area (Å²) in [7, 11) is 0. The van der Waals surface area contributed by atoms with E-state index in [4.69, 9.17) is 0 Å². The van der Waals surface area contributed by atoms with E-state index in [1.54, 1.807) is 18.2 Å². The summed E-state index contributed by atoms with van der Waals surface area (Å²) in [4.78, 5) is 12.5. The van der Waals surface area contributed by atoms with Gasteiger partial charge in [-0.1, -0.05) is 44.0 Å². The molecule has 0 spiro atoms. The van der Waals surface area contributed by atoms with Gasteiger partial charge in [-0.25, -0.2) is 0 Å². The zero-order chi connectivity index (χ0) is 20.3. The Bertz CT molecular complexity index is 1120. The predicted octanol–water partition coefficient (Wildman–Crippen LogP) is 6.16. The van der Waals surface area contributed by atoms with Crippen LogP contribution in [-0.2, 0) is 4.79 Å². The van der Waals surface area contributed by atoms with E-state index in [9.17, 15) is 10.1 Å². The first-order valence-electron chi connectivity index (χ1n) is 8.52. The highest BCUT2D eigenvalue weighted by atomic mass is 79.9. The molecule has 1 aromatic heterocycles. The van der Waals surface area contributed by atoms with E-state index in [0.29, 0.717) is 5.69 Å². The van der Waals surface area contributed by atoms with Crippen molar-refractivity contribution < 1.29 is 4.79 Å². The third kappa shape index (κ3) is 4.44. The van der Waals surface area contributed by atoms with Crippen molar-refractivity contribution in [3.63, 3.8) is 0 Å². The van der Waals surface area contributed by atoms with Crippen molar-refractivity contribution in [2.45, 2.75) is 13.8 Å². The van der Waals surface area contributed by atoms with Crippen molar-refractivity contribution in [2.24, 2.45) is 0 Å². The lowest BCUT2D eigenvalue weighted by molar-refractivity contribution is -0.112. The number of nitriles is 1. The minimum absolute atomic E-state index is 0.0504. The Morgan fingerprint density at radius 3 is 2.39 bits per heavy atom. The standard InChI is InChI=1S/C22H17Br2N3O/c1-14-9-16(15(2)27(14)21-8-4-6-19(24)12-21)10-17(13-25)22(28)26-20-7-3-5-18(23)11-20/h3-12H,1-2H3,(H,26,28)/b17-10-. The molecule has 1 heterocycles. The maximum atomic E-state index is 12.5. The highest BCUT2D eigenvalue weighted by molar-refractivity contribution is 9.10. The maximum absolute atomic E-state index is 12.5. The quantitative estimate of drug-likeness (QED) is 0.345. The topological polar surface area (TPSA) is 57.8 Å². The number of carbonyl (C=O) groups is 1. The van der Waals surface area contributed by atoms with Gasteiger partial charge in [0.05, 0.1) is 0 Å². The van der Waals surface area contributed by atoms with Gasteiger partial charge < -0.3 is 9.88 Å². The molecule has 0 aliphatic heterocycles. The highest BCUT2D eigenvalue weighted by Gasteiger charge is 2.14. The van der Waals surface area contributed by atoms with Gasteiger partial charge in [0.1, 0.15) is 11.6 Å². The second-order valence-corrected chi connectivity index (χ2v) is 8.11. The molecule has 0 aliphatic rings. The Balaban J connectivity index is 1.94. The molecule has 28 heavy (non-hydrogen) atoms. The Labute approximate surface area is 180 Å². The molecule has 2 aromatic carbocycles. The average molecular weight is 499 g/mol. The van der Waals surface area contributed by atoms with Gasteiger partial charge >= 0.3 is 0 Å². The molecule has 1 N–H and O–H groups in total. The maximum Gasteiger partial charge on any atom is 0.266 e. The molecule has 1 amide bonds. The largest absolute Gasteiger partial charge is 0.321 e. The van der Waals surface area contributed by atoms with Gasteiger partial charge in [0, 0.05) is 31.7 Å². The van der Waals surface area contributed by atoms with Crippen LogP contribution in [0.15, 0.2) is 69.1 Å². The van der Waals surface area contributed by atoms with E-state index >= 15 is 0 Å². The van der Waals surface area contributed by atoms with Gasteiger partial charge in [-0.05, 0) is 68.0 Å². The van der Waals surface area contributed by atoms with Crippen molar-refractivity contribution in [1.82, 2.24) is 4.57 Å². The Morgan fingerprint density at radius 1 is 1.07 bits per heavy atom. The summed E-state index contributed by atoms with van der Waals surface area (Å²) >= 11 is 6.87. The number of aromatic nitrogens is 1. The minimum atomic E-state index is -0.437. The fourth-order valence-electron chi connectivity index (χ4n) is 3.02. The molecule has 0 aliphatic carbocycles. The minimum Gasteiger partial charge on any atom is -0.321 e. The number of anilines is 1. The molecule has 4 nitrogen and oxygen atoms in total. The van der Waals surface area contributed by atoms with Gasteiger partial charge in [0.2, 0.25) is 0 Å². The number of carbonyl (C=O) groups excluding carboxylic acids is 1. The second-order valence-electron chi connectivity index (χ2n) is 6.28. The molecular formula is C22H17Br2N3O. The summed E-state index contributed by atoms with van der Waals surface area (Å²) in [5.74, 6) is -0.437. The van der Waals surface area contributed by atoms with Crippen LogP contribution in [0, 0.1) is 25.2 Å². The van der Waals surface area contributed by atoms with Gasteiger partial charge in [-0.2, -0.15) is 5.26 Å². The molecule has 0 atom stereocenters. The number of hydrogen-bond acceptors (Lipinski definition) is 2. The third-order valence-corrected chi connectivity index (χ3v) is 5.27. The molecule has 0 unspecified atom stereocenters. The van der Waals surface area contributed by atoms with Crippen LogP contribution in [0.2, 0.25) is 0 Å². The van der Waals surface area contributed by atoms with Crippen LogP contribution < -0.4 is 5.32 Å². The fraction of sp³-hybridized carbons (Fsp3) is 0.0909. The van der Waals surface area contributed by atoms with E-state index in [0.717, 1.165) is 31.6 Å². The molecule has 0 fully saturated rings. The van der Waals surface area contributed by atoms with E-state index in [2.05, 4.69) is 41.7 Å². The first-order valence-corrected chi connectivity index (χ1v) is 10.1. The molecule has 6 heteroatoms. The normalized spacial score (nSPS) is 11.2. The Kier molecular flexibility index (Phi) is 6.18.